The molecule has 1 heterocycles. The molecule has 0 spiro atoms. The molecule has 1 fully saturated rings. The Morgan fingerprint density at radius 1 is 1.26 bits per heavy atom. The molecule has 4 rings (SSSR count). The van der Waals surface area contributed by atoms with Crippen molar-refractivity contribution in [3.8, 4) is 0 Å². The lowest BCUT2D eigenvalue weighted by molar-refractivity contribution is -0.113. The highest BCUT2D eigenvalue weighted by molar-refractivity contribution is 5.98. The highest BCUT2D eigenvalue weighted by atomic mass is 16.1. The summed E-state index contributed by atoms with van der Waals surface area (Å²) in [5.41, 5.74) is 8.84. The van der Waals surface area contributed by atoms with Crippen LogP contribution in [-0.4, -0.2) is 11.4 Å². The summed E-state index contributed by atoms with van der Waals surface area (Å²) in [6.45, 7) is 2.29. The molecule has 2 atom stereocenters. The van der Waals surface area contributed by atoms with Gasteiger partial charge in [0, 0.05) is 28.8 Å². The van der Waals surface area contributed by atoms with Crippen LogP contribution in [0, 0.1) is 0 Å². The van der Waals surface area contributed by atoms with Crippen LogP contribution in [0.3, 0.4) is 0 Å². The van der Waals surface area contributed by atoms with Crippen molar-refractivity contribution < 1.29 is 4.79 Å². The minimum atomic E-state index is -0.399. The quantitative estimate of drug-likeness (QED) is 0.790. The number of carbonyl (C=O) groups is 1. The monoisotopic (exact) mass is 306 g/mol. The summed E-state index contributed by atoms with van der Waals surface area (Å²) in [5.74, 6) is 0.0758. The van der Waals surface area contributed by atoms with Gasteiger partial charge in [-0.2, -0.15) is 0 Å². The maximum atomic E-state index is 11.5. The highest BCUT2D eigenvalue weighted by Gasteiger charge is 2.43. The normalized spacial score (nSPS) is 28.0. The van der Waals surface area contributed by atoms with Crippen molar-refractivity contribution in [2.45, 2.75) is 44.1 Å². The van der Waals surface area contributed by atoms with E-state index in [2.05, 4.69) is 48.6 Å². The number of hydrogen-bond acceptors (Lipinski definition) is 2. The van der Waals surface area contributed by atoms with Crippen molar-refractivity contribution in [2.24, 2.45) is 5.73 Å². The topological polar surface area (TPSA) is 55.1 Å². The lowest BCUT2D eigenvalue weighted by Gasteiger charge is -2.48. The fraction of sp³-hybridized carbons (Fsp3) is 0.350. The molecular formula is C20H22N2O. The zero-order valence-electron chi connectivity index (χ0n) is 13.4. The second kappa shape index (κ2) is 5.12. The van der Waals surface area contributed by atoms with Crippen LogP contribution >= 0.6 is 0 Å². The van der Waals surface area contributed by atoms with Gasteiger partial charge in [-0.25, -0.2) is 0 Å². The zero-order chi connectivity index (χ0) is 16.0. The van der Waals surface area contributed by atoms with E-state index in [1.807, 2.05) is 0 Å². The van der Waals surface area contributed by atoms with Gasteiger partial charge in [-0.05, 0) is 36.1 Å². The maximum Gasteiger partial charge on any atom is 0.243 e. The summed E-state index contributed by atoms with van der Waals surface area (Å²) in [4.78, 5) is 11.5. The van der Waals surface area contributed by atoms with Gasteiger partial charge < -0.3 is 11.1 Å². The van der Waals surface area contributed by atoms with Gasteiger partial charge in [-0.3, -0.25) is 4.79 Å². The molecule has 2 aromatic carbocycles. The van der Waals surface area contributed by atoms with Crippen molar-refractivity contribution in [3.05, 3.63) is 53.6 Å². The Morgan fingerprint density at radius 2 is 2.09 bits per heavy atom. The van der Waals surface area contributed by atoms with Crippen LogP contribution in [0.5, 0.6) is 0 Å². The van der Waals surface area contributed by atoms with E-state index in [0.29, 0.717) is 5.92 Å². The molecule has 0 bridgehead atoms. The fourth-order valence-corrected chi connectivity index (χ4v) is 4.48. The summed E-state index contributed by atoms with van der Waals surface area (Å²) >= 11 is 0. The third-order valence-corrected chi connectivity index (χ3v) is 5.52. The molecule has 2 unspecified atom stereocenters. The Labute approximate surface area is 136 Å². The summed E-state index contributed by atoms with van der Waals surface area (Å²) in [6, 6.07) is 12.8. The van der Waals surface area contributed by atoms with Crippen LogP contribution < -0.4 is 11.1 Å². The molecule has 1 amide bonds. The Bertz CT molecular complexity index is 824. The molecule has 0 aromatic heterocycles. The Morgan fingerprint density at radius 3 is 2.91 bits per heavy atom. The smallest absolute Gasteiger partial charge is 0.243 e. The fourth-order valence-electron chi connectivity index (χ4n) is 4.48. The number of hydrogen-bond donors (Lipinski definition) is 2. The summed E-state index contributed by atoms with van der Waals surface area (Å²) in [5, 5.41) is 6.21. The first-order chi connectivity index (χ1) is 11.1. The van der Waals surface area contributed by atoms with Gasteiger partial charge in [-0.1, -0.05) is 49.2 Å². The lowest BCUT2D eigenvalue weighted by atomic mass is 9.66. The Balaban J connectivity index is 2.03. The lowest BCUT2D eigenvalue weighted by Crippen LogP contribution is -2.51. The molecule has 2 aromatic rings. The number of benzene rings is 2. The average molecular weight is 306 g/mol. The predicted octanol–water partition coefficient (Wildman–Crippen LogP) is 3.69. The van der Waals surface area contributed by atoms with E-state index in [9.17, 15) is 4.79 Å². The number of nitrogens with two attached hydrogens (primary N) is 1. The van der Waals surface area contributed by atoms with Gasteiger partial charge in [0.2, 0.25) is 5.91 Å². The van der Waals surface area contributed by atoms with E-state index in [0.717, 1.165) is 17.7 Å². The van der Waals surface area contributed by atoms with Gasteiger partial charge in [0.1, 0.15) is 0 Å². The minimum absolute atomic E-state index is 0.00332. The van der Waals surface area contributed by atoms with Crippen molar-refractivity contribution >= 4 is 22.4 Å². The molecule has 3 N–H and O–H groups in total. The van der Waals surface area contributed by atoms with E-state index in [1.54, 1.807) is 6.08 Å². The molecule has 3 nitrogen and oxygen atoms in total. The molecule has 2 aliphatic rings. The number of rotatable bonds is 1. The second-order valence-electron chi connectivity index (χ2n) is 7.05. The van der Waals surface area contributed by atoms with Crippen LogP contribution in [0.4, 0.5) is 0 Å². The van der Waals surface area contributed by atoms with Gasteiger partial charge in [0.15, 0.2) is 0 Å². The molecule has 1 aliphatic heterocycles. The van der Waals surface area contributed by atoms with E-state index in [-0.39, 0.29) is 5.54 Å². The first kappa shape index (κ1) is 14.3. The van der Waals surface area contributed by atoms with E-state index in [4.69, 9.17) is 5.73 Å². The summed E-state index contributed by atoms with van der Waals surface area (Å²) in [6.07, 6.45) is 6.35. The number of primary amides is 1. The molecule has 0 saturated heterocycles. The molecule has 3 heteroatoms. The first-order valence-electron chi connectivity index (χ1n) is 8.40. The van der Waals surface area contributed by atoms with Crippen LogP contribution in [0.2, 0.25) is 0 Å². The van der Waals surface area contributed by atoms with Crippen LogP contribution in [0.25, 0.3) is 16.5 Å². The number of nitrogens with one attached hydrogen (secondary N) is 1. The van der Waals surface area contributed by atoms with Crippen LogP contribution in [0.15, 0.2) is 42.5 Å². The van der Waals surface area contributed by atoms with Crippen molar-refractivity contribution in [2.75, 3.05) is 0 Å². The first-order valence-corrected chi connectivity index (χ1v) is 8.40. The molecule has 1 aliphatic carbocycles. The molecule has 0 radical (unpaired) electrons. The van der Waals surface area contributed by atoms with Gasteiger partial charge in [0.05, 0.1) is 0 Å². The summed E-state index contributed by atoms with van der Waals surface area (Å²) < 4.78 is 0. The zero-order valence-corrected chi connectivity index (χ0v) is 13.4. The number of carbonyl (C=O) groups excluding carboxylic acids is 1. The van der Waals surface area contributed by atoms with Crippen LogP contribution in [0.1, 0.15) is 49.7 Å². The van der Waals surface area contributed by atoms with Crippen molar-refractivity contribution in [1.82, 2.24) is 5.32 Å². The SMILES string of the molecule is CC12CCCCC1c1c(ccc3ccccc13)C(=CC(N)=O)N2. The van der Waals surface area contributed by atoms with Gasteiger partial charge in [0.25, 0.3) is 0 Å². The Kier molecular flexibility index (Phi) is 3.19. The maximum absolute atomic E-state index is 11.5. The number of amides is 1. The third-order valence-electron chi connectivity index (χ3n) is 5.52. The molecule has 23 heavy (non-hydrogen) atoms. The van der Waals surface area contributed by atoms with Crippen molar-refractivity contribution in [1.29, 1.82) is 0 Å². The molecule has 118 valence electrons. The minimum Gasteiger partial charge on any atom is -0.379 e. The molecule has 1 saturated carbocycles. The van der Waals surface area contributed by atoms with Crippen LogP contribution in [-0.2, 0) is 4.79 Å². The third kappa shape index (κ3) is 2.23. The highest BCUT2D eigenvalue weighted by Crippen LogP contribution is 2.49. The summed E-state index contributed by atoms with van der Waals surface area (Å²) in [7, 11) is 0. The predicted molar refractivity (Wildman–Crippen MR) is 93.9 cm³/mol. The average Bonchev–Trinajstić information content (AvgIpc) is 2.53. The van der Waals surface area contributed by atoms with Gasteiger partial charge in [-0.15, -0.1) is 0 Å². The van der Waals surface area contributed by atoms with Gasteiger partial charge >= 0.3 is 0 Å². The van der Waals surface area contributed by atoms with E-state index in [1.165, 1.54) is 35.6 Å². The van der Waals surface area contributed by atoms with E-state index >= 15 is 0 Å². The standard InChI is InChI=1S/C20H22N2O/c1-20-11-5-4-8-16(20)19-14-7-3-2-6-13(14)9-10-15(19)17(22-20)12-18(21)23/h2-3,6-7,9-10,12,16,22H,4-5,8,11H2,1H3,(H2,21,23). The molecular weight excluding hydrogens is 284 g/mol. The largest absolute Gasteiger partial charge is 0.379 e. The second-order valence-corrected chi connectivity index (χ2v) is 7.05. The van der Waals surface area contributed by atoms with Crippen molar-refractivity contribution in [3.63, 3.8) is 0 Å². The Hall–Kier alpha value is -2.29. The van der Waals surface area contributed by atoms with E-state index < -0.39 is 5.91 Å². The number of fused-ring (bicyclic) bond motifs is 5.